The number of ether oxygens (including phenoxy) is 1. The standard InChI is InChI=1S/C28H34F2N4O5S/c29-23-17-24(30)19-25(18-23)34-28(36)27(39-16-8-3-1-2-7-15-35)26(20-31-34)32-11-13-33(14-12-32)40(37,38)21-22-9-5-4-6-10-22/h4-6,9-10,17-20,35H,1-3,7-8,11-16,21H2. The number of piperazine rings is 1. The first-order valence-corrected chi connectivity index (χ1v) is 15.0. The Labute approximate surface area is 232 Å². The van der Waals surface area contributed by atoms with Gasteiger partial charge in [0.2, 0.25) is 15.8 Å². The van der Waals surface area contributed by atoms with Crippen molar-refractivity contribution in [3.8, 4) is 11.4 Å². The number of hydrogen-bond donors (Lipinski definition) is 1. The molecule has 3 aromatic rings. The molecule has 0 bridgehead atoms. The molecule has 0 amide bonds. The Kier molecular flexibility index (Phi) is 10.2. The predicted molar refractivity (Wildman–Crippen MR) is 148 cm³/mol. The van der Waals surface area contributed by atoms with Crippen molar-refractivity contribution in [2.45, 2.75) is 37.9 Å². The monoisotopic (exact) mass is 576 g/mol. The Bertz CT molecular complexity index is 1410. The van der Waals surface area contributed by atoms with Crippen molar-refractivity contribution in [2.24, 2.45) is 0 Å². The molecule has 1 N–H and O–H groups in total. The van der Waals surface area contributed by atoms with Crippen LogP contribution < -0.4 is 15.2 Å². The lowest BCUT2D eigenvalue weighted by atomic mass is 10.1. The highest BCUT2D eigenvalue weighted by Gasteiger charge is 2.29. The fraction of sp³-hybridized carbons (Fsp3) is 0.429. The van der Waals surface area contributed by atoms with Crippen LogP contribution in [0.5, 0.6) is 5.75 Å². The second-order valence-corrected chi connectivity index (χ2v) is 11.6. The quantitative estimate of drug-likeness (QED) is 0.311. The molecule has 2 heterocycles. The zero-order valence-corrected chi connectivity index (χ0v) is 23.0. The Morgan fingerprint density at radius 1 is 0.900 bits per heavy atom. The fourth-order valence-electron chi connectivity index (χ4n) is 4.64. The second kappa shape index (κ2) is 13.8. The topological polar surface area (TPSA) is 105 Å². The molecule has 216 valence electrons. The first kappa shape index (κ1) is 29.6. The van der Waals surface area contributed by atoms with Crippen LogP contribution in [0.2, 0.25) is 0 Å². The molecule has 1 aliphatic rings. The number of sulfonamides is 1. The summed E-state index contributed by atoms with van der Waals surface area (Å²) in [5.74, 6) is -1.78. The van der Waals surface area contributed by atoms with Crippen molar-refractivity contribution in [1.82, 2.24) is 14.1 Å². The third kappa shape index (κ3) is 7.64. The van der Waals surface area contributed by atoms with Crippen LogP contribution in [0.1, 0.15) is 37.7 Å². The number of aromatic nitrogens is 2. The van der Waals surface area contributed by atoms with E-state index in [0.29, 0.717) is 36.8 Å². The van der Waals surface area contributed by atoms with Crippen molar-refractivity contribution in [3.05, 3.63) is 82.3 Å². The lowest BCUT2D eigenvalue weighted by Gasteiger charge is -2.35. The molecule has 0 radical (unpaired) electrons. The molecule has 0 spiro atoms. The summed E-state index contributed by atoms with van der Waals surface area (Å²) in [7, 11) is -3.53. The Morgan fingerprint density at radius 2 is 1.55 bits per heavy atom. The highest BCUT2D eigenvalue weighted by molar-refractivity contribution is 7.88. The summed E-state index contributed by atoms with van der Waals surface area (Å²) in [5.41, 5.74) is 0.374. The van der Waals surface area contributed by atoms with Gasteiger partial charge >= 0.3 is 5.56 Å². The maximum absolute atomic E-state index is 13.9. The predicted octanol–water partition coefficient (Wildman–Crippen LogP) is 3.48. The summed E-state index contributed by atoms with van der Waals surface area (Å²) in [6.45, 7) is 1.46. The van der Waals surface area contributed by atoms with Gasteiger partial charge in [-0.05, 0) is 30.5 Å². The SMILES string of the molecule is O=c1c(OCCCCCCCO)c(N2CCN(S(=O)(=O)Cc3ccccc3)CC2)cnn1-c1cc(F)cc(F)c1. The molecular formula is C28H34F2N4O5S. The van der Waals surface area contributed by atoms with Crippen LogP contribution in [0.25, 0.3) is 5.69 Å². The molecule has 40 heavy (non-hydrogen) atoms. The molecule has 0 aliphatic carbocycles. The number of nitrogens with zero attached hydrogens (tertiary/aromatic N) is 4. The molecule has 1 saturated heterocycles. The third-order valence-corrected chi connectivity index (χ3v) is 8.57. The maximum atomic E-state index is 13.9. The van der Waals surface area contributed by atoms with E-state index in [4.69, 9.17) is 9.84 Å². The van der Waals surface area contributed by atoms with E-state index in [1.54, 1.807) is 24.3 Å². The largest absolute Gasteiger partial charge is 0.486 e. The van der Waals surface area contributed by atoms with E-state index in [1.807, 2.05) is 11.0 Å². The number of hydrogen-bond acceptors (Lipinski definition) is 7. The molecule has 4 rings (SSSR count). The van der Waals surface area contributed by atoms with Crippen LogP contribution in [-0.2, 0) is 15.8 Å². The number of aliphatic hydroxyl groups is 1. The smallest absolute Gasteiger partial charge is 0.316 e. The van der Waals surface area contributed by atoms with Crippen LogP contribution in [0.4, 0.5) is 14.5 Å². The second-order valence-electron chi connectivity index (χ2n) is 9.67. The number of unbranched alkanes of at least 4 members (excludes halogenated alkanes) is 4. The highest BCUT2D eigenvalue weighted by Crippen LogP contribution is 2.27. The number of aliphatic hydroxyl groups excluding tert-OH is 1. The Morgan fingerprint density at radius 3 is 2.23 bits per heavy atom. The summed E-state index contributed by atoms with van der Waals surface area (Å²) >= 11 is 0. The maximum Gasteiger partial charge on any atom is 0.316 e. The zero-order chi connectivity index (χ0) is 28.5. The summed E-state index contributed by atoms with van der Waals surface area (Å²) in [5, 5.41) is 13.1. The van der Waals surface area contributed by atoms with E-state index < -0.39 is 27.2 Å². The van der Waals surface area contributed by atoms with Gasteiger partial charge in [0, 0.05) is 38.9 Å². The molecule has 12 heteroatoms. The van der Waals surface area contributed by atoms with Gasteiger partial charge in [-0.25, -0.2) is 17.2 Å². The van der Waals surface area contributed by atoms with Crippen LogP contribution in [0.15, 0.2) is 59.5 Å². The third-order valence-electron chi connectivity index (χ3n) is 6.72. The summed E-state index contributed by atoms with van der Waals surface area (Å²) < 4.78 is 62.0. The van der Waals surface area contributed by atoms with Crippen molar-refractivity contribution >= 4 is 15.7 Å². The molecule has 9 nitrogen and oxygen atoms in total. The normalized spacial score (nSPS) is 14.4. The zero-order valence-electron chi connectivity index (χ0n) is 22.2. The molecule has 1 aliphatic heterocycles. The lowest BCUT2D eigenvalue weighted by molar-refractivity contribution is 0.277. The van der Waals surface area contributed by atoms with Gasteiger partial charge in [0.1, 0.15) is 17.3 Å². The summed E-state index contributed by atoms with van der Waals surface area (Å²) in [6, 6.07) is 11.7. The molecule has 2 aromatic carbocycles. The van der Waals surface area contributed by atoms with E-state index in [0.717, 1.165) is 42.5 Å². The van der Waals surface area contributed by atoms with Gasteiger partial charge in [0.15, 0.2) is 0 Å². The van der Waals surface area contributed by atoms with E-state index in [1.165, 1.54) is 10.5 Å². The van der Waals surface area contributed by atoms with E-state index in [-0.39, 0.29) is 43.5 Å². The molecule has 0 saturated carbocycles. The first-order chi connectivity index (χ1) is 19.3. The minimum atomic E-state index is -3.53. The number of rotatable bonds is 13. The van der Waals surface area contributed by atoms with Crippen LogP contribution in [0.3, 0.4) is 0 Å². The fourth-order valence-corrected chi connectivity index (χ4v) is 6.15. The van der Waals surface area contributed by atoms with E-state index in [2.05, 4.69) is 5.10 Å². The van der Waals surface area contributed by atoms with Crippen LogP contribution in [0, 0.1) is 11.6 Å². The van der Waals surface area contributed by atoms with Gasteiger partial charge in [0.25, 0.3) is 0 Å². The van der Waals surface area contributed by atoms with Gasteiger partial charge < -0.3 is 14.7 Å². The van der Waals surface area contributed by atoms with Crippen molar-refractivity contribution < 1.29 is 27.0 Å². The van der Waals surface area contributed by atoms with Gasteiger partial charge in [-0.3, -0.25) is 4.79 Å². The Balaban J connectivity index is 1.52. The molecule has 0 unspecified atom stereocenters. The summed E-state index contributed by atoms with van der Waals surface area (Å²) in [6.07, 6.45) is 5.48. The van der Waals surface area contributed by atoms with Crippen molar-refractivity contribution in [1.29, 1.82) is 0 Å². The van der Waals surface area contributed by atoms with Gasteiger partial charge in [-0.1, -0.05) is 49.6 Å². The highest BCUT2D eigenvalue weighted by atomic mass is 32.2. The van der Waals surface area contributed by atoms with Gasteiger partial charge in [-0.2, -0.15) is 14.1 Å². The number of benzene rings is 2. The van der Waals surface area contributed by atoms with Gasteiger partial charge in [0.05, 0.1) is 24.2 Å². The van der Waals surface area contributed by atoms with Crippen molar-refractivity contribution in [3.63, 3.8) is 0 Å². The molecule has 1 aromatic heterocycles. The lowest BCUT2D eigenvalue weighted by Crippen LogP contribution is -2.49. The van der Waals surface area contributed by atoms with Crippen LogP contribution >= 0.6 is 0 Å². The van der Waals surface area contributed by atoms with Crippen molar-refractivity contribution in [2.75, 3.05) is 44.3 Å². The number of halogens is 2. The average Bonchev–Trinajstić information content (AvgIpc) is 2.93. The molecule has 0 atom stereocenters. The average molecular weight is 577 g/mol. The van der Waals surface area contributed by atoms with E-state index in [9.17, 15) is 22.0 Å². The first-order valence-electron chi connectivity index (χ1n) is 13.4. The number of anilines is 1. The molecular weight excluding hydrogens is 542 g/mol. The minimum Gasteiger partial charge on any atom is -0.486 e. The van der Waals surface area contributed by atoms with Crippen LogP contribution in [-0.4, -0.2) is 67.0 Å². The molecule has 1 fully saturated rings. The van der Waals surface area contributed by atoms with E-state index >= 15 is 0 Å². The van der Waals surface area contributed by atoms with Gasteiger partial charge in [-0.15, -0.1) is 0 Å². The Hall–Kier alpha value is -3.35. The summed E-state index contributed by atoms with van der Waals surface area (Å²) in [4.78, 5) is 15.3. The minimum absolute atomic E-state index is 0.00406.